The molecule has 0 saturated heterocycles. The number of halogens is 1. The molecular weight excluding hydrogens is 318 g/mol. The van der Waals surface area contributed by atoms with E-state index in [4.69, 9.17) is 11.6 Å². The van der Waals surface area contributed by atoms with E-state index in [1.165, 1.54) is 11.3 Å². The Morgan fingerprint density at radius 2 is 1.91 bits per heavy atom. The van der Waals surface area contributed by atoms with Gasteiger partial charge in [-0.05, 0) is 41.3 Å². The summed E-state index contributed by atoms with van der Waals surface area (Å²) < 4.78 is 1.90. The lowest BCUT2D eigenvalue weighted by Crippen LogP contribution is -2.17. The van der Waals surface area contributed by atoms with Crippen molar-refractivity contribution in [3.8, 4) is 5.69 Å². The van der Waals surface area contributed by atoms with E-state index in [1.54, 1.807) is 18.3 Å². The topological polar surface area (TPSA) is 46.4 Å². The van der Waals surface area contributed by atoms with E-state index in [9.17, 15) is 4.79 Å². The molecule has 1 aromatic carbocycles. The molecule has 3 aromatic rings. The van der Waals surface area contributed by atoms with Crippen LogP contribution >= 0.6 is 22.9 Å². The predicted molar refractivity (Wildman–Crippen MR) is 90.2 cm³/mol. The summed E-state index contributed by atoms with van der Waals surface area (Å²) in [4.78, 5) is 12.8. The van der Waals surface area contributed by atoms with E-state index in [0.29, 0.717) is 9.90 Å². The number of amides is 1. The molecule has 2 aromatic heterocycles. The largest absolute Gasteiger partial charge is 0.322 e. The summed E-state index contributed by atoms with van der Waals surface area (Å²) in [5, 5.41) is 6.52. The molecule has 0 bridgehead atoms. The van der Waals surface area contributed by atoms with Gasteiger partial charge in [-0.15, -0.1) is 11.3 Å². The van der Waals surface area contributed by atoms with Crippen LogP contribution < -0.4 is 5.43 Å². The van der Waals surface area contributed by atoms with Crippen LogP contribution in [0.2, 0.25) is 5.02 Å². The Hall–Kier alpha value is -2.37. The Labute approximate surface area is 136 Å². The number of hydrazone groups is 1. The zero-order valence-corrected chi connectivity index (χ0v) is 13.0. The number of rotatable bonds is 4. The van der Waals surface area contributed by atoms with Crippen molar-refractivity contribution >= 4 is 35.1 Å². The second-order valence-electron chi connectivity index (χ2n) is 4.48. The smallest absolute Gasteiger partial charge is 0.283 e. The number of benzene rings is 1. The molecule has 3 rings (SSSR count). The molecule has 0 unspecified atom stereocenters. The second kappa shape index (κ2) is 6.60. The number of aromatic nitrogens is 1. The summed E-state index contributed by atoms with van der Waals surface area (Å²) in [5.41, 5.74) is 4.25. The maximum atomic E-state index is 12.2. The molecule has 110 valence electrons. The number of thiophene rings is 1. The molecule has 0 fully saturated rings. The first kappa shape index (κ1) is 14.6. The van der Waals surface area contributed by atoms with Crippen LogP contribution in [0.3, 0.4) is 0 Å². The highest BCUT2D eigenvalue weighted by Crippen LogP contribution is 2.21. The van der Waals surface area contributed by atoms with Crippen molar-refractivity contribution in [2.45, 2.75) is 0 Å². The van der Waals surface area contributed by atoms with E-state index < -0.39 is 0 Å². The Morgan fingerprint density at radius 3 is 2.64 bits per heavy atom. The number of hydrogen-bond donors (Lipinski definition) is 1. The molecule has 6 heteroatoms. The SMILES string of the molecule is O=C(N/N=C\c1ccc(Cl)cc1)c1sccc1-n1cccc1. The minimum atomic E-state index is -0.232. The highest BCUT2D eigenvalue weighted by atomic mass is 35.5. The quantitative estimate of drug-likeness (QED) is 0.571. The molecule has 0 aliphatic carbocycles. The van der Waals surface area contributed by atoms with Crippen LogP contribution in [0.25, 0.3) is 5.69 Å². The van der Waals surface area contributed by atoms with Gasteiger partial charge < -0.3 is 4.57 Å². The van der Waals surface area contributed by atoms with Gasteiger partial charge in [0.05, 0.1) is 11.9 Å². The van der Waals surface area contributed by atoms with Gasteiger partial charge in [-0.25, -0.2) is 5.43 Å². The molecule has 0 spiro atoms. The van der Waals surface area contributed by atoms with Crippen molar-refractivity contribution in [2.24, 2.45) is 5.10 Å². The first-order chi connectivity index (χ1) is 10.7. The molecule has 1 N–H and O–H groups in total. The summed E-state index contributed by atoms with van der Waals surface area (Å²) in [6, 6.07) is 12.9. The van der Waals surface area contributed by atoms with Crippen molar-refractivity contribution in [3.05, 3.63) is 75.7 Å². The van der Waals surface area contributed by atoms with Crippen molar-refractivity contribution in [2.75, 3.05) is 0 Å². The van der Waals surface area contributed by atoms with Crippen LogP contribution in [-0.4, -0.2) is 16.7 Å². The minimum absolute atomic E-state index is 0.232. The zero-order valence-electron chi connectivity index (χ0n) is 11.4. The van der Waals surface area contributed by atoms with Crippen LogP contribution in [-0.2, 0) is 0 Å². The van der Waals surface area contributed by atoms with Crippen molar-refractivity contribution in [3.63, 3.8) is 0 Å². The molecule has 2 heterocycles. The predicted octanol–water partition coefficient (Wildman–Crippen LogP) is 3.96. The molecule has 0 aliphatic rings. The Morgan fingerprint density at radius 1 is 1.18 bits per heavy atom. The average molecular weight is 330 g/mol. The fraction of sp³-hybridized carbons (Fsp3) is 0. The first-order valence-electron chi connectivity index (χ1n) is 6.54. The molecule has 22 heavy (non-hydrogen) atoms. The van der Waals surface area contributed by atoms with Gasteiger partial charge >= 0.3 is 0 Å². The van der Waals surface area contributed by atoms with Gasteiger partial charge in [0.25, 0.3) is 5.91 Å². The van der Waals surface area contributed by atoms with Gasteiger partial charge in [0.2, 0.25) is 0 Å². The molecule has 1 amide bonds. The minimum Gasteiger partial charge on any atom is -0.322 e. The van der Waals surface area contributed by atoms with Gasteiger partial charge in [-0.3, -0.25) is 4.79 Å². The molecule has 0 aliphatic heterocycles. The van der Waals surface area contributed by atoms with Gasteiger partial charge in [-0.2, -0.15) is 5.10 Å². The Bertz CT molecular complexity index is 791. The van der Waals surface area contributed by atoms with Crippen LogP contribution in [0.15, 0.2) is 65.3 Å². The molecule has 4 nitrogen and oxygen atoms in total. The van der Waals surface area contributed by atoms with Crippen LogP contribution in [0.4, 0.5) is 0 Å². The maximum absolute atomic E-state index is 12.2. The summed E-state index contributed by atoms with van der Waals surface area (Å²) in [7, 11) is 0. The normalized spacial score (nSPS) is 11.0. The van der Waals surface area contributed by atoms with Crippen molar-refractivity contribution in [1.82, 2.24) is 9.99 Å². The third kappa shape index (κ3) is 3.27. The number of carbonyl (C=O) groups excluding carboxylic acids is 1. The van der Waals surface area contributed by atoms with Gasteiger partial charge in [0.1, 0.15) is 4.88 Å². The lowest BCUT2D eigenvalue weighted by Gasteiger charge is -2.03. The Kier molecular flexibility index (Phi) is 4.37. The molecule has 0 atom stereocenters. The number of hydrogen-bond acceptors (Lipinski definition) is 3. The zero-order chi connectivity index (χ0) is 15.4. The molecule has 0 radical (unpaired) electrons. The van der Waals surface area contributed by atoms with E-state index >= 15 is 0 Å². The standard InChI is InChI=1S/C16H12ClN3OS/c17-13-5-3-12(4-6-13)11-18-19-16(21)15-14(7-10-22-15)20-8-1-2-9-20/h1-11H,(H,19,21)/b18-11-. The third-order valence-corrected chi connectivity index (χ3v) is 4.14. The average Bonchev–Trinajstić information content (AvgIpc) is 3.19. The van der Waals surface area contributed by atoms with E-state index in [-0.39, 0.29) is 5.91 Å². The number of carbonyl (C=O) groups is 1. The maximum Gasteiger partial charge on any atom is 0.283 e. The second-order valence-corrected chi connectivity index (χ2v) is 5.83. The number of nitrogens with one attached hydrogen (secondary N) is 1. The lowest BCUT2D eigenvalue weighted by atomic mass is 10.2. The highest BCUT2D eigenvalue weighted by Gasteiger charge is 2.13. The molecule has 0 saturated carbocycles. The van der Waals surface area contributed by atoms with Gasteiger partial charge in [-0.1, -0.05) is 23.7 Å². The monoisotopic (exact) mass is 329 g/mol. The Balaban J connectivity index is 1.70. The third-order valence-electron chi connectivity index (χ3n) is 2.98. The highest BCUT2D eigenvalue weighted by molar-refractivity contribution is 7.12. The first-order valence-corrected chi connectivity index (χ1v) is 7.79. The van der Waals surface area contributed by atoms with Gasteiger partial charge in [0, 0.05) is 17.4 Å². The fourth-order valence-corrected chi connectivity index (χ4v) is 2.84. The summed E-state index contributed by atoms with van der Waals surface area (Å²) in [6.45, 7) is 0. The van der Waals surface area contributed by atoms with Crippen LogP contribution in [0.5, 0.6) is 0 Å². The summed E-state index contributed by atoms with van der Waals surface area (Å²) >= 11 is 7.19. The van der Waals surface area contributed by atoms with E-state index in [2.05, 4.69) is 10.5 Å². The van der Waals surface area contributed by atoms with E-state index in [1.807, 2.05) is 52.7 Å². The van der Waals surface area contributed by atoms with Crippen LogP contribution in [0.1, 0.15) is 15.2 Å². The fourth-order valence-electron chi connectivity index (χ4n) is 1.94. The van der Waals surface area contributed by atoms with Crippen molar-refractivity contribution < 1.29 is 4.79 Å². The molecular formula is C16H12ClN3OS. The summed E-state index contributed by atoms with van der Waals surface area (Å²) in [6.07, 6.45) is 5.38. The lowest BCUT2D eigenvalue weighted by molar-refractivity contribution is 0.0959. The summed E-state index contributed by atoms with van der Waals surface area (Å²) in [5.74, 6) is -0.232. The van der Waals surface area contributed by atoms with Crippen LogP contribution in [0, 0.1) is 0 Å². The van der Waals surface area contributed by atoms with E-state index in [0.717, 1.165) is 11.3 Å². The number of nitrogens with zero attached hydrogens (tertiary/aromatic N) is 2. The van der Waals surface area contributed by atoms with Crippen molar-refractivity contribution in [1.29, 1.82) is 0 Å². The van der Waals surface area contributed by atoms with Gasteiger partial charge in [0.15, 0.2) is 0 Å².